The predicted molar refractivity (Wildman–Crippen MR) is 57.8 cm³/mol. The number of nitro benzene ring substituents is 1. The van der Waals surface area contributed by atoms with Gasteiger partial charge in [0.2, 0.25) is 0 Å². The van der Waals surface area contributed by atoms with E-state index in [9.17, 15) is 10.1 Å². The van der Waals surface area contributed by atoms with E-state index in [-0.39, 0.29) is 17.1 Å². The molecule has 0 atom stereocenters. The van der Waals surface area contributed by atoms with E-state index >= 15 is 0 Å². The van der Waals surface area contributed by atoms with E-state index in [1.807, 2.05) is 0 Å². The molecule has 0 unspecified atom stereocenters. The van der Waals surface area contributed by atoms with Crippen LogP contribution in [-0.2, 0) is 0 Å². The highest BCUT2D eigenvalue weighted by Crippen LogP contribution is 2.32. The van der Waals surface area contributed by atoms with E-state index in [4.69, 9.17) is 10.5 Å². The van der Waals surface area contributed by atoms with Crippen LogP contribution in [0, 0.1) is 10.1 Å². The van der Waals surface area contributed by atoms with Crippen molar-refractivity contribution in [3.8, 4) is 5.75 Å². The number of nitrogen functional groups attached to an aromatic ring is 1. The van der Waals surface area contributed by atoms with Gasteiger partial charge in [0.05, 0.1) is 11.5 Å². The summed E-state index contributed by atoms with van der Waals surface area (Å²) < 4.78 is 5.23. The molecule has 0 saturated heterocycles. The number of anilines is 1. The second-order valence-electron chi connectivity index (χ2n) is 2.88. The minimum Gasteiger partial charge on any atom is -0.486 e. The summed E-state index contributed by atoms with van der Waals surface area (Å²) in [6.07, 6.45) is 2.31. The van der Waals surface area contributed by atoms with Gasteiger partial charge in [-0.25, -0.2) is 0 Å². The summed E-state index contributed by atoms with van der Waals surface area (Å²) in [5.74, 6) is 0.196. The number of nitrogens with two attached hydrogens (primary N) is 1. The zero-order chi connectivity index (χ0) is 11.3. The third-order valence-electron chi connectivity index (χ3n) is 1.79. The lowest BCUT2D eigenvalue weighted by Gasteiger charge is -2.06. The van der Waals surface area contributed by atoms with Crippen molar-refractivity contribution in [1.29, 1.82) is 0 Å². The molecule has 0 aliphatic rings. The van der Waals surface area contributed by atoms with Gasteiger partial charge in [0.1, 0.15) is 5.69 Å². The molecule has 0 fully saturated rings. The van der Waals surface area contributed by atoms with Gasteiger partial charge in [-0.05, 0) is 18.6 Å². The molecule has 0 aromatic heterocycles. The van der Waals surface area contributed by atoms with Gasteiger partial charge in [0.25, 0.3) is 0 Å². The van der Waals surface area contributed by atoms with Gasteiger partial charge in [0.15, 0.2) is 5.75 Å². The Bertz CT molecular complexity index is 377. The molecule has 5 nitrogen and oxygen atoms in total. The van der Waals surface area contributed by atoms with E-state index < -0.39 is 4.92 Å². The third kappa shape index (κ3) is 2.70. The molecule has 0 aliphatic heterocycles. The first-order chi connectivity index (χ1) is 7.16. The van der Waals surface area contributed by atoms with E-state index in [0.29, 0.717) is 13.0 Å². The average molecular weight is 208 g/mol. The van der Waals surface area contributed by atoms with Gasteiger partial charge >= 0.3 is 5.69 Å². The molecule has 1 aromatic carbocycles. The fourth-order valence-electron chi connectivity index (χ4n) is 1.10. The predicted octanol–water partition coefficient (Wildman–Crippen LogP) is 2.13. The van der Waals surface area contributed by atoms with Gasteiger partial charge in [-0.3, -0.25) is 10.1 Å². The van der Waals surface area contributed by atoms with Crippen molar-refractivity contribution in [2.24, 2.45) is 0 Å². The molecule has 80 valence electrons. The number of hydrogen-bond acceptors (Lipinski definition) is 4. The Kier molecular flexibility index (Phi) is 3.68. The largest absolute Gasteiger partial charge is 0.486 e. The SMILES string of the molecule is C=CCCOc1cccc(N)c1[N+](=O)[O-]. The summed E-state index contributed by atoms with van der Waals surface area (Å²) in [5.41, 5.74) is 5.41. The number of rotatable bonds is 5. The Labute approximate surface area is 87.3 Å². The summed E-state index contributed by atoms with van der Waals surface area (Å²) in [6, 6.07) is 4.61. The maximum Gasteiger partial charge on any atom is 0.333 e. The van der Waals surface area contributed by atoms with Crippen molar-refractivity contribution in [2.75, 3.05) is 12.3 Å². The standard InChI is InChI=1S/C10H12N2O3/c1-2-3-7-15-9-6-4-5-8(11)10(9)12(13)14/h2,4-6H,1,3,7,11H2. The Morgan fingerprint density at radius 3 is 2.93 bits per heavy atom. The van der Waals surface area contributed by atoms with Gasteiger partial charge in [-0.2, -0.15) is 0 Å². The van der Waals surface area contributed by atoms with Crippen LogP contribution in [0.15, 0.2) is 30.9 Å². The summed E-state index contributed by atoms with van der Waals surface area (Å²) in [4.78, 5) is 10.2. The molecular formula is C10H12N2O3. The lowest BCUT2D eigenvalue weighted by atomic mass is 10.2. The molecule has 0 amide bonds. The Balaban J connectivity index is 2.90. The Hall–Kier alpha value is -2.04. The first-order valence-corrected chi connectivity index (χ1v) is 4.43. The molecule has 0 saturated carbocycles. The first-order valence-electron chi connectivity index (χ1n) is 4.43. The highest BCUT2D eigenvalue weighted by atomic mass is 16.6. The molecule has 0 aliphatic carbocycles. The highest BCUT2D eigenvalue weighted by Gasteiger charge is 2.18. The molecule has 0 heterocycles. The van der Waals surface area contributed by atoms with Crippen molar-refractivity contribution in [2.45, 2.75) is 6.42 Å². The van der Waals surface area contributed by atoms with E-state index in [1.165, 1.54) is 12.1 Å². The quantitative estimate of drug-likeness (QED) is 0.264. The van der Waals surface area contributed by atoms with E-state index in [1.54, 1.807) is 12.1 Å². The highest BCUT2D eigenvalue weighted by molar-refractivity contribution is 5.65. The van der Waals surface area contributed by atoms with Gasteiger partial charge in [0, 0.05) is 0 Å². The molecule has 0 bridgehead atoms. The van der Waals surface area contributed by atoms with Crippen molar-refractivity contribution in [3.05, 3.63) is 41.0 Å². The Morgan fingerprint density at radius 1 is 1.60 bits per heavy atom. The summed E-state index contributed by atoms with van der Waals surface area (Å²) in [7, 11) is 0. The lowest BCUT2D eigenvalue weighted by molar-refractivity contribution is -0.384. The van der Waals surface area contributed by atoms with Crippen molar-refractivity contribution < 1.29 is 9.66 Å². The van der Waals surface area contributed by atoms with Crippen LogP contribution in [0.1, 0.15) is 6.42 Å². The minimum atomic E-state index is -0.543. The smallest absolute Gasteiger partial charge is 0.333 e. The topological polar surface area (TPSA) is 78.4 Å². The van der Waals surface area contributed by atoms with Gasteiger partial charge in [-0.1, -0.05) is 12.1 Å². The minimum absolute atomic E-state index is 0.108. The third-order valence-corrected chi connectivity index (χ3v) is 1.79. The van der Waals surface area contributed by atoms with Crippen LogP contribution in [0.3, 0.4) is 0 Å². The monoisotopic (exact) mass is 208 g/mol. The van der Waals surface area contributed by atoms with Crippen LogP contribution in [0.25, 0.3) is 0 Å². The van der Waals surface area contributed by atoms with Crippen LogP contribution >= 0.6 is 0 Å². The Morgan fingerprint density at radius 2 is 2.33 bits per heavy atom. The van der Waals surface area contributed by atoms with Crippen LogP contribution in [0.2, 0.25) is 0 Å². The summed E-state index contributed by atoms with van der Waals surface area (Å²) >= 11 is 0. The van der Waals surface area contributed by atoms with Crippen molar-refractivity contribution in [3.63, 3.8) is 0 Å². The number of benzene rings is 1. The zero-order valence-corrected chi connectivity index (χ0v) is 8.18. The van der Waals surface area contributed by atoms with Crippen LogP contribution < -0.4 is 10.5 Å². The van der Waals surface area contributed by atoms with Crippen LogP contribution in [-0.4, -0.2) is 11.5 Å². The fraction of sp³-hybridized carbons (Fsp3) is 0.200. The second kappa shape index (κ2) is 4.99. The van der Waals surface area contributed by atoms with Crippen molar-refractivity contribution in [1.82, 2.24) is 0 Å². The zero-order valence-electron chi connectivity index (χ0n) is 8.18. The maximum atomic E-state index is 10.7. The fourth-order valence-corrected chi connectivity index (χ4v) is 1.10. The van der Waals surface area contributed by atoms with Gasteiger partial charge in [-0.15, -0.1) is 6.58 Å². The maximum absolute atomic E-state index is 10.7. The van der Waals surface area contributed by atoms with Crippen LogP contribution in [0.4, 0.5) is 11.4 Å². The summed E-state index contributed by atoms with van der Waals surface area (Å²) in [6.45, 7) is 3.88. The molecule has 0 spiro atoms. The lowest BCUT2D eigenvalue weighted by Crippen LogP contribution is -2.02. The first kappa shape index (κ1) is 11.0. The number of para-hydroxylation sites is 1. The molecule has 0 radical (unpaired) electrons. The average Bonchev–Trinajstić information content (AvgIpc) is 2.17. The number of hydrogen-bond donors (Lipinski definition) is 1. The van der Waals surface area contributed by atoms with Crippen molar-refractivity contribution >= 4 is 11.4 Å². The molecular weight excluding hydrogens is 196 g/mol. The van der Waals surface area contributed by atoms with Gasteiger partial charge < -0.3 is 10.5 Å². The molecule has 1 aromatic rings. The number of ether oxygens (including phenoxy) is 1. The number of nitro groups is 1. The molecule has 1 rings (SSSR count). The molecule has 15 heavy (non-hydrogen) atoms. The van der Waals surface area contributed by atoms with E-state index in [0.717, 1.165) is 0 Å². The number of nitrogens with zero attached hydrogens (tertiary/aromatic N) is 1. The second-order valence-corrected chi connectivity index (χ2v) is 2.88. The van der Waals surface area contributed by atoms with Crippen LogP contribution in [0.5, 0.6) is 5.75 Å². The summed E-state index contributed by atoms with van der Waals surface area (Å²) in [5, 5.41) is 10.7. The molecule has 2 N–H and O–H groups in total. The normalized spacial score (nSPS) is 9.60. The van der Waals surface area contributed by atoms with E-state index in [2.05, 4.69) is 6.58 Å². The molecule has 5 heteroatoms.